The Kier molecular flexibility index (Phi) is 6.05. The van der Waals surface area contributed by atoms with Crippen LogP contribution in [0.25, 0.3) is 60.9 Å². The molecule has 7 aromatic rings. The second-order valence-corrected chi connectivity index (χ2v) is 10.0. The van der Waals surface area contributed by atoms with E-state index in [1.165, 1.54) is 10.8 Å². The summed E-state index contributed by atoms with van der Waals surface area (Å²) in [5.74, 6) is 0. The maximum atomic E-state index is 10.6. The van der Waals surface area contributed by atoms with Crippen molar-refractivity contribution in [3.63, 3.8) is 0 Å². The van der Waals surface area contributed by atoms with Crippen molar-refractivity contribution in [2.75, 3.05) is 0 Å². The van der Waals surface area contributed by atoms with Gasteiger partial charge in [0.05, 0.1) is 11.0 Å². The minimum absolute atomic E-state index is 0.503. The third-order valence-corrected chi connectivity index (χ3v) is 7.63. The molecular weight excluding hydrogens is 489 g/mol. The topological polar surface area (TPSA) is 45.4 Å². The SMILES string of the molecule is OB(O)c1c(-c2ccccc2)cc(-c2ccc3c(c2)c2ccccc2n3-c2ccccc2)cc1-c1ccccc1. The third kappa shape index (κ3) is 4.11. The van der Waals surface area contributed by atoms with Crippen LogP contribution in [-0.2, 0) is 0 Å². The molecule has 1 aromatic heterocycles. The Morgan fingerprint density at radius 1 is 0.425 bits per heavy atom. The smallest absolute Gasteiger partial charge is 0.423 e. The van der Waals surface area contributed by atoms with Gasteiger partial charge < -0.3 is 14.6 Å². The van der Waals surface area contributed by atoms with E-state index in [1.54, 1.807) is 0 Å². The Morgan fingerprint density at radius 2 is 0.950 bits per heavy atom. The Labute approximate surface area is 233 Å². The van der Waals surface area contributed by atoms with Crippen LogP contribution in [0.15, 0.2) is 146 Å². The van der Waals surface area contributed by atoms with Crippen molar-refractivity contribution in [3.8, 4) is 39.1 Å². The van der Waals surface area contributed by atoms with Gasteiger partial charge in [0.25, 0.3) is 0 Å². The number of nitrogens with zero attached hydrogens (tertiary/aromatic N) is 1. The monoisotopic (exact) mass is 515 g/mol. The molecule has 190 valence electrons. The van der Waals surface area contributed by atoms with Crippen molar-refractivity contribution in [2.45, 2.75) is 0 Å². The first kappa shape index (κ1) is 24.2. The molecule has 0 unspecified atom stereocenters. The molecule has 0 aliphatic heterocycles. The number of aromatic nitrogens is 1. The van der Waals surface area contributed by atoms with E-state index in [9.17, 15) is 10.0 Å². The molecule has 0 amide bonds. The van der Waals surface area contributed by atoms with E-state index in [4.69, 9.17) is 0 Å². The number of fused-ring (bicyclic) bond motifs is 3. The average Bonchev–Trinajstić information content (AvgIpc) is 3.35. The molecular formula is C36H26BNO2. The van der Waals surface area contributed by atoms with Gasteiger partial charge in [-0.3, -0.25) is 0 Å². The molecule has 3 nitrogen and oxygen atoms in total. The molecule has 0 saturated carbocycles. The summed E-state index contributed by atoms with van der Waals surface area (Å²) in [5.41, 5.74) is 9.50. The predicted molar refractivity (Wildman–Crippen MR) is 167 cm³/mol. The third-order valence-electron chi connectivity index (χ3n) is 7.63. The van der Waals surface area contributed by atoms with Crippen LogP contribution in [0.4, 0.5) is 0 Å². The first-order valence-electron chi connectivity index (χ1n) is 13.4. The Morgan fingerprint density at radius 3 is 1.55 bits per heavy atom. The maximum Gasteiger partial charge on any atom is 0.489 e. The normalized spacial score (nSPS) is 11.2. The fourth-order valence-corrected chi connectivity index (χ4v) is 5.82. The Bertz CT molecular complexity index is 1900. The van der Waals surface area contributed by atoms with E-state index >= 15 is 0 Å². The molecule has 0 bridgehead atoms. The second-order valence-electron chi connectivity index (χ2n) is 10.0. The van der Waals surface area contributed by atoms with E-state index in [2.05, 4.69) is 83.4 Å². The highest BCUT2D eigenvalue weighted by atomic mass is 16.4. The van der Waals surface area contributed by atoms with Crippen molar-refractivity contribution >= 4 is 34.4 Å². The predicted octanol–water partition coefficient (Wildman–Crippen LogP) is 7.46. The first-order valence-corrected chi connectivity index (χ1v) is 13.4. The lowest BCUT2D eigenvalue weighted by Crippen LogP contribution is -2.33. The lowest BCUT2D eigenvalue weighted by Gasteiger charge is -2.18. The van der Waals surface area contributed by atoms with E-state index in [1.807, 2.05) is 66.7 Å². The van der Waals surface area contributed by atoms with Gasteiger partial charge in [0.2, 0.25) is 0 Å². The van der Waals surface area contributed by atoms with Gasteiger partial charge in [0, 0.05) is 16.5 Å². The van der Waals surface area contributed by atoms with Crippen LogP contribution in [-0.4, -0.2) is 21.7 Å². The molecule has 0 aliphatic carbocycles. The molecule has 1 heterocycles. The zero-order chi connectivity index (χ0) is 27.1. The molecule has 4 heteroatoms. The maximum absolute atomic E-state index is 10.6. The van der Waals surface area contributed by atoms with Crippen LogP contribution in [0.2, 0.25) is 0 Å². The summed E-state index contributed by atoms with van der Waals surface area (Å²) in [6.07, 6.45) is 0. The van der Waals surface area contributed by atoms with E-state index in [0.29, 0.717) is 5.46 Å². The minimum Gasteiger partial charge on any atom is -0.423 e. The summed E-state index contributed by atoms with van der Waals surface area (Å²) in [4.78, 5) is 0. The van der Waals surface area contributed by atoms with E-state index in [-0.39, 0.29) is 0 Å². The molecule has 0 aliphatic rings. The fourth-order valence-electron chi connectivity index (χ4n) is 5.82. The van der Waals surface area contributed by atoms with Gasteiger partial charge in [0.1, 0.15) is 0 Å². The summed E-state index contributed by atoms with van der Waals surface area (Å²) >= 11 is 0. The van der Waals surface area contributed by atoms with Crippen LogP contribution in [0.1, 0.15) is 0 Å². The van der Waals surface area contributed by atoms with Gasteiger partial charge in [-0.2, -0.15) is 0 Å². The van der Waals surface area contributed by atoms with Gasteiger partial charge in [-0.15, -0.1) is 0 Å². The van der Waals surface area contributed by atoms with Crippen molar-refractivity contribution in [1.82, 2.24) is 4.57 Å². The minimum atomic E-state index is -1.62. The van der Waals surface area contributed by atoms with E-state index in [0.717, 1.165) is 50.1 Å². The largest absolute Gasteiger partial charge is 0.489 e. The molecule has 7 rings (SSSR count). The number of rotatable bonds is 5. The average molecular weight is 515 g/mol. The van der Waals surface area contributed by atoms with Gasteiger partial charge >= 0.3 is 7.12 Å². The highest BCUT2D eigenvalue weighted by Gasteiger charge is 2.24. The zero-order valence-electron chi connectivity index (χ0n) is 21.8. The van der Waals surface area contributed by atoms with Crippen LogP contribution in [0.5, 0.6) is 0 Å². The number of hydrogen-bond donors (Lipinski definition) is 2. The number of para-hydroxylation sites is 2. The summed E-state index contributed by atoms with van der Waals surface area (Å²) in [5, 5.41) is 23.5. The quantitative estimate of drug-likeness (QED) is 0.234. The Hall–Kier alpha value is -4.90. The second kappa shape index (κ2) is 10.0. The molecule has 6 aromatic carbocycles. The van der Waals surface area contributed by atoms with Gasteiger partial charge in [-0.05, 0) is 81.3 Å². The van der Waals surface area contributed by atoms with Crippen LogP contribution < -0.4 is 5.46 Å². The van der Waals surface area contributed by atoms with E-state index < -0.39 is 7.12 Å². The fraction of sp³-hybridized carbons (Fsp3) is 0. The van der Waals surface area contributed by atoms with Crippen molar-refractivity contribution < 1.29 is 10.0 Å². The van der Waals surface area contributed by atoms with Crippen LogP contribution >= 0.6 is 0 Å². The van der Waals surface area contributed by atoms with Crippen LogP contribution in [0, 0.1) is 0 Å². The van der Waals surface area contributed by atoms with Crippen molar-refractivity contribution in [2.24, 2.45) is 0 Å². The standard InChI is InChI=1S/C36H26BNO2/c39-37(40)36-31(25-12-4-1-5-13-25)23-28(24-32(36)26-14-6-2-7-15-26)27-20-21-35-33(22-27)30-18-10-11-19-34(30)38(35)29-16-8-3-9-17-29/h1-24,39-40H. The molecule has 2 N–H and O–H groups in total. The van der Waals surface area contributed by atoms with Gasteiger partial charge in [-0.1, -0.05) is 103 Å². The highest BCUT2D eigenvalue weighted by Crippen LogP contribution is 2.37. The molecule has 0 radical (unpaired) electrons. The molecule has 0 saturated heterocycles. The number of benzene rings is 6. The highest BCUT2D eigenvalue weighted by molar-refractivity contribution is 6.62. The van der Waals surface area contributed by atoms with Crippen molar-refractivity contribution in [3.05, 3.63) is 146 Å². The molecule has 0 spiro atoms. The molecule has 40 heavy (non-hydrogen) atoms. The summed E-state index contributed by atoms with van der Waals surface area (Å²) in [7, 11) is -1.62. The van der Waals surface area contributed by atoms with Gasteiger partial charge in [0.15, 0.2) is 0 Å². The lowest BCUT2D eigenvalue weighted by atomic mass is 9.70. The molecule has 0 atom stereocenters. The van der Waals surface area contributed by atoms with Gasteiger partial charge in [-0.25, -0.2) is 0 Å². The zero-order valence-corrected chi connectivity index (χ0v) is 21.8. The lowest BCUT2D eigenvalue weighted by molar-refractivity contribution is 0.426. The van der Waals surface area contributed by atoms with Crippen LogP contribution in [0.3, 0.4) is 0 Å². The Balaban J connectivity index is 1.51. The van der Waals surface area contributed by atoms with Crippen molar-refractivity contribution in [1.29, 1.82) is 0 Å². The summed E-state index contributed by atoms with van der Waals surface area (Å²) in [6, 6.07) is 49.6. The molecule has 0 fully saturated rings. The summed E-state index contributed by atoms with van der Waals surface area (Å²) < 4.78 is 2.31. The number of hydrogen-bond acceptors (Lipinski definition) is 2. The summed E-state index contributed by atoms with van der Waals surface area (Å²) in [6.45, 7) is 0. The first-order chi connectivity index (χ1) is 19.7.